The molecule has 0 unspecified atom stereocenters. The fraction of sp³-hybridized carbons (Fsp3) is 0.915. The molecule has 17 nitrogen and oxygen atoms in total. The highest BCUT2D eigenvalue weighted by Gasteiger charge is 2.70. The number of aliphatic hydroxyl groups is 7. The summed E-state index contributed by atoms with van der Waals surface area (Å²) in [6.45, 7) is 17.1. The van der Waals surface area contributed by atoms with Crippen molar-refractivity contribution < 1.29 is 84.0 Å². The third-order valence-electron chi connectivity index (χ3n) is 18.9. The van der Waals surface area contributed by atoms with Crippen LogP contribution in [-0.4, -0.2) is 157 Å². The summed E-state index contributed by atoms with van der Waals surface area (Å²) in [4.78, 5) is 26.1. The fourth-order valence-corrected chi connectivity index (χ4v) is 14.8. The molecule has 5 aliphatic carbocycles. The number of carboxylic acids is 2. The van der Waals surface area contributed by atoms with Crippen molar-refractivity contribution >= 4 is 11.9 Å². The maximum absolute atomic E-state index is 13.1. The lowest BCUT2D eigenvalue weighted by Crippen LogP contribution is -2.68. The van der Waals surface area contributed by atoms with E-state index in [0.29, 0.717) is 19.3 Å². The molecule has 0 amide bonds. The zero-order chi connectivity index (χ0) is 46.9. The van der Waals surface area contributed by atoms with Crippen molar-refractivity contribution in [3.8, 4) is 0 Å². The Morgan fingerprint density at radius 2 is 1.33 bits per heavy atom. The first-order valence-corrected chi connectivity index (χ1v) is 23.6. The van der Waals surface area contributed by atoms with E-state index in [2.05, 4.69) is 54.5 Å². The molecule has 0 bridgehead atoms. The highest BCUT2D eigenvalue weighted by Crippen LogP contribution is 2.76. The topological polar surface area (TPSA) is 272 Å². The summed E-state index contributed by atoms with van der Waals surface area (Å²) >= 11 is 0. The molecular formula is C47H74O17. The quantitative estimate of drug-likeness (QED) is 0.125. The van der Waals surface area contributed by atoms with Crippen molar-refractivity contribution in [2.75, 3.05) is 6.61 Å². The first-order chi connectivity index (χ1) is 29.7. The average Bonchev–Trinajstić information content (AvgIpc) is 3.21. The van der Waals surface area contributed by atoms with Gasteiger partial charge in [-0.25, -0.2) is 4.79 Å². The van der Waals surface area contributed by atoms with Gasteiger partial charge in [0, 0.05) is 0 Å². The van der Waals surface area contributed by atoms with E-state index in [0.717, 1.165) is 44.9 Å². The molecule has 22 atom stereocenters. The Morgan fingerprint density at radius 1 is 0.672 bits per heavy atom. The first kappa shape index (κ1) is 48.6. The molecule has 3 saturated heterocycles. The lowest BCUT2D eigenvalue weighted by Gasteiger charge is -2.71. The summed E-state index contributed by atoms with van der Waals surface area (Å²) in [6.07, 6.45) is -13.5. The van der Waals surface area contributed by atoms with E-state index in [4.69, 9.17) is 28.4 Å². The third-order valence-corrected chi connectivity index (χ3v) is 18.9. The summed E-state index contributed by atoms with van der Waals surface area (Å²) in [7, 11) is 0. The van der Waals surface area contributed by atoms with Gasteiger partial charge in [0.15, 0.2) is 25.0 Å². The second kappa shape index (κ2) is 16.7. The smallest absolute Gasteiger partial charge is 0.335 e. The molecule has 17 heteroatoms. The van der Waals surface area contributed by atoms with Crippen LogP contribution >= 0.6 is 0 Å². The van der Waals surface area contributed by atoms with Crippen LogP contribution in [0.15, 0.2) is 11.6 Å². The number of hydrogen-bond acceptors (Lipinski definition) is 15. The number of aliphatic hydroxyl groups excluding tert-OH is 7. The van der Waals surface area contributed by atoms with Crippen molar-refractivity contribution in [3.63, 3.8) is 0 Å². The number of aliphatic carboxylic acids is 2. The highest BCUT2D eigenvalue weighted by atomic mass is 16.8. The van der Waals surface area contributed by atoms with Crippen molar-refractivity contribution in [1.29, 1.82) is 0 Å². The van der Waals surface area contributed by atoms with Crippen molar-refractivity contribution in [2.45, 2.75) is 212 Å². The standard InChI is InChI=1S/C47H74O17/c1-21-28(49)30(51)32(53)39(60-21)62-34-33(54)35(63-38-31(52)29(50)24(48)20-59-38)40(64-36(34)37(55)56)61-27-12-13-44(6)25(43(27,4)5)11-14-46(8)26(44)10-9-22-23-19-42(2,3)15-17-47(23,41(57)58)18-16-45(22,46)7/h9,21,23-36,38-40,48-54H,10-20H2,1-8H3,(H,55,56)(H,57,58)/t21-,23-,24+,25-,26+,27-,28-,29-,30+,31+,32+,33-,34-,35+,36-,38-,39-,40+,44-,45+,46+,47-/m0/s1. The molecule has 9 N–H and O–H groups in total. The minimum absolute atomic E-state index is 0.00576. The number of allylic oxidation sites excluding steroid dienone is 2. The maximum Gasteiger partial charge on any atom is 0.335 e. The SMILES string of the molecule is C[C@@H]1O[C@@H](O[C@H]2[C@H](O)[C@@H](O[C@@H]3OC[C@@H](O)[C@H](O)[C@H]3O)[C@H](O[C@H]3CC[C@]4(C)[C@H]5CC=C6[C@@H]7CC(C)(C)CC[C@]7(C(=O)O)CC[C@@]6(C)[C@]5(C)CC[C@H]4C3(C)C)O[C@@H]2C(=O)O)[C@H](O)[C@H](O)[C@H]1O. The Labute approximate surface area is 375 Å². The van der Waals surface area contributed by atoms with Gasteiger partial charge in [-0.05, 0) is 116 Å². The van der Waals surface area contributed by atoms with Crippen molar-refractivity contribution in [1.82, 2.24) is 0 Å². The van der Waals surface area contributed by atoms with E-state index >= 15 is 0 Å². The van der Waals surface area contributed by atoms with Gasteiger partial charge in [0.2, 0.25) is 0 Å². The lowest BCUT2D eigenvalue weighted by atomic mass is 9.33. The molecule has 7 fully saturated rings. The van der Waals surface area contributed by atoms with Crippen LogP contribution in [0.4, 0.5) is 0 Å². The molecule has 3 aliphatic heterocycles. The van der Waals surface area contributed by atoms with Crippen LogP contribution in [0.1, 0.15) is 120 Å². The van der Waals surface area contributed by atoms with Crippen LogP contribution in [-0.2, 0) is 38.0 Å². The fourth-order valence-electron chi connectivity index (χ4n) is 14.8. The van der Waals surface area contributed by atoms with Crippen LogP contribution in [0.3, 0.4) is 0 Å². The van der Waals surface area contributed by atoms with Gasteiger partial charge in [-0.15, -0.1) is 0 Å². The lowest BCUT2D eigenvalue weighted by molar-refractivity contribution is -0.385. The first-order valence-electron chi connectivity index (χ1n) is 23.6. The summed E-state index contributed by atoms with van der Waals surface area (Å²) in [5, 5.41) is 96.4. The Bertz CT molecular complexity index is 1810. The Balaban J connectivity index is 1.07. The van der Waals surface area contributed by atoms with Crippen LogP contribution in [0, 0.1) is 50.2 Å². The predicted octanol–water partition coefficient (Wildman–Crippen LogP) is 2.47. The van der Waals surface area contributed by atoms with E-state index in [1.807, 2.05) is 0 Å². The third kappa shape index (κ3) is 7.45. The molecule has 8 aliphatic rings. The van der Waals surface area contributed by atoms with Crippen molar-refractivity contribution in [2.24, 2.45) is 50.2 Å². The van der Waals surface area contributed by atoms with Crippen LogP contribution < -0.4 is 0 Å². The van der Waals surface area contributed by atoms with Gasteiger partial charge in [0.05, 0.1) is 24.2 Å². The van der Waals surface area contributed by atoms with Crippen LogP contribution in [0.2, 0.25) is 0 Å². The number of ether oxygens (including phenoxy) is 6. The normalized spacial score (nSPS) is 53.4. The van der Waals surface area contributed by atoms with Gasteiger partial charge in [-0.1, -0.05) is 60.1 Å². The van der Waals surface area contributed by atoms with Gasteiger partial charge < -0.3 is 74.4 Å². The molecular weight excluding hydrogens is 836 g/mol. The Kier molecular flexibility index (Phi) is 12.7. The monoisotopic (exact) mass is 910 g/mol. The van der Waals surface area contributed by atoms with Gasteiger partial charge in [-0.2, -0.15) is 0 Å². The van der Waals surface area contributed by atoms with Gasteiger partial charge >= 0.3 is 11.9 Å². The Hall–Kier alpha value is -1.84. The zero-order valence-corrected chi connectivity index (χ0v) is 38.5. The number of rotatable bonds is 8. The molecule has 364 valence electrons. The van der Waals surface area contributed by atoms with E-state index in [1.165, 1.54) is 12.5 Å². The number of fused-ring (bicyclic) bond motifs is 7. The minimum Gasteiger partial charge on any atom is -0.481 e. The Morgan fingerprint density at radius 3 is 2.00 bits per heavy atom. The molecule has 0 aromatic heterocycles. The van der Waals surface area contributed by atoms with Crippen molar-refractivity contribution in [3.05, 3.63) is 11.6 Å². The predicted molar refractivity (Wildman–Crippen MR) is 224 cm³/mol. The summed E-state index contributed by atoms with van der Waals surface area (Å²) in [6, 6.07) is 0. The van der Waals surface area contributed by atoms with Crippen LogP contribution in [0.5, 0.6) is 0 Å². The average molecular weight is 911 g/mol. The number of carboxylic acid groups (broad SMARTS) is 2. The molecule has 64 heavy (non-hydrogen) atoms. The molecule has 0 aromatic rings. The summed E-state index contributed by atoms with van der Waals surface area (Å²) in [5.41, 5.74) is -0.310. The molecule has 3 heterocycles. The van der Waals surface area contributed by atoms with Crippen LogP contribution in [0.25, 0.3) is 0 Å². The second-order valence-corrected chi connectivity index (χ2v) is 23.0. The van der Waals surface area contributed by atoms with E-state index < -0.39 is 121 Å². The van der Waals surface area contributed by atoms with Gasteiger partial charge in [-0.3, -0.25) is 4.79 Å². The molecule has 8 rings (SSSR count). The zero-order valence-electron chi connectivity index (χ0n) is 38.5. The molecule has 0 spiro atoms. The summed E-state index contributed by atoms with van der Waals surface area (Å²) in [5.74, 6) is -1.81. The number of hydrogen-bond donors (Lipinski definition) is 9. The molecule has 0 aromatic carbocycles. The number of carbonyl (C=O) groups is 2. The van der Waals surface area contributed by atoms with Gasteiger partial charge in [0.25, 0.3) is 0 Å². The highest BCUT2D eigenvalue weighted by molar-refractivity contribution is 5.76. The minimum atomic E-state index is -1.93. The van der Waals surface area contributed by atoms with E-state index in [1.54, 1.807) is 0 Å². The van der Waals surface area contributed by atoms with E-state index in [-0.39, 0.29) is 39.4 Å². The van der Waals surface area contributed by atoms with E-state index in [9.17, 15) is 55.5 Å². The molecule has 4 saturated carbocycles. The largest absolute Gasteiger partial charge is 0.481 e. The second-order valence-electron chi connectivity index (χ2n) is 23.0. The van der Waals surface area contributed by atoms with Gasteiger partial charge in [0.1, 0.15) is 54.9 Å². The maximum atomic E-state index is 13.1. The molecule has 0 radical (unpaired) electrons. The summed E-state index contributed by atoms with van der Waals surface area (Å²) < 4.78 is 36.1.